The molecule has 1 aliphatic rings. The van der Waals surface area contributed by atoms with Crippen molar-refractivity contribution >= 4 is 17.4 Å². The molecule has 0 amide bonds. The number of ether oxygens (including phenoxy) is 1. The number of halogens is 1. The second-order valence-corrected chi connectivity index (χ2v) is 4.30. The van der Waals surface area contributed by atoms with E-state index in [1.807, 2.05) is 19.2 Å². The van der Waals surface area contributed by atoms with E-state index in [2.05, 4.69) is 15.1 Å². The van der Waals surface area contributed by atoms with Gasteiger partial charge < -0.3 is 9.64 Å². The maximum absolute atomic E-state index is 5.66. The zero-order valence-electron chi connectivity index (χ0n) is 9.40. The lowest BCUT2D eigenvalue weighted by atomic mass is 10.2. The molecule has 0 aromatic carbocycles. The second-order valence-electron chi connectivity index (χ2n) is 4.03. The van der Waals surface area contributed by atoms with Crippen molar-refractivity contribution < 1.29 is 4.74 Å². The SMILES string of the molecule is CN(CC1CCCO1)c1ccc(CCl)nn1. The fourth-order valence-corrected chi connectivity index (χ4v) is 1.96. The zero-order valence-corrected chi connectivity index (χ0v) is 10.2. The van der Waals surface area contributed by atoms with Gasteiger partial charge in [-0.25, -0.2) is 0 Å². The Morgan fingerprint density at radius 3 is 2.94 bits per heavy atom. The molecule has 2 rings (SSSR count). The Kier molecular flexibility index (Phi) is 3.96. The van der Waals surface area contributed by atoms with Gasteiger partial charge in [0.25, 0.3) is 0 Å². The highest BCUT2D eigenvalue weighted by Gasteiger charge is 2.18. The second kappa shape index (κ2) is 5.46. The quantitative estimate of drug-likeness (QED) is 0.754. The molecule has 2 heterocycles. The third-order valence-electron chi connectivity index (χ3n) is 2.74. The first-order valence-corrected chi connectivity index (χ1v) is 6.04. The summed E-state index contributed by atoms with van der Waals surface area (Å²) in [5.74, 6) is 1.27. The van der Waals surface area contributed by atoms with E-state index in [1.165, 1.54) is 0 Å². The first kappa shape index (κ1) is 11.6. The number of anilines is 1. The first-order chi connectivity index (χ1) is 7.79. The van der Waals surface area contributed by atoms with Gasteiger partial charge in [0.15, 0.2) is 5.82 Å². The van der Waals surface area contributed by atoms with Gasteiger partial charge in [-0.05, 0) is 25.0 Å². The maximum Gasteiger partial charge on any atom is 0.151 e. The fraction of sp³-hybridized carbons (Fsp3) is 0.636. The van der Waals surface area contributed by atoms with E-state index in [1.54, 1.807) is 0 Å². The van der Waals surface area contributed by atoms with Crippen LogP contribution >= 0.6 is 11.6 Å². The third-order valence-corrected chi connectivity index (χ3v) is 3.01. The molecule has 16 heavy (non-hydrogen) atoms. The molecule has 88 valence electrons. The van der Waals surface area contributed by atoms with Crippen LogP contribution in [0.15, 0.2) is 12.1 Å². The van der Waals surface area contributed by atoms with Crippen molar-refractivity contribution in [2.45, 2.75) is 24.8 Å². The number of alkyl halides is 1. The van der Waals surface area contributed by atoms with Crippen LogP contribution in [0.5, 0.6) is 0 Å². The molecule has 0 spiro atoms. The summed E-state index contributed by atoms with van der Waals surface area (Å²) >= 11 is 5.66. The predicted molar refractivity (Wildman–Crippen MR) is 63.8 cm³/mol. The topological polar surface area (TPSA) is 38.2 Å². The van der Waals surface area contributed by atoms with Crippen LogP contribution in [0.4, 0.5) is 5.82 Å². The van der Waals surface area contributed by atoms with Crippen molar-refractivity contribution in [1.29, 1.82) is 0 Å². The van der Waals surface area contributed by atoms with E-state index in [4.69, 9.17) is 16.3 Å². The van der Waals surface area contributed by atoms with Crippen molar-refractivity contribution in [3.05, 3.63) is 17.8 Å². The summed E-state index contributed by atoms with van der Waals surface area (Å²) in [5.41, 5.74) is 0.802. The Hall–Kier alpha value is -0.870. The van der Waals surface area contributed by atoms with Crippen LogP contribution in [-0.2, 0) is 10.6 Å². The minimum atomic E-state index is 0.333. The zero-order chi connectivity index (χ0) is 11.4. The standard InChI is InChI=1S/C11H16ClN3O/c1-15(8-10-3-2-6-16-10)11-5-4-9(7-12)13-14-11/h4-5,10H,2-3,6-8H2,1H3. The van der Waals surface area contributed by atoms with E-state index < -0.39 is 0 Å². The van der Waals surface area contributed by atoms with Gasteiger partial charge in [-0.1, -0.05) is 0 Å². The van der Waals surface area contributed by atoms with Crippen LogP contribution in [0.3, 0.4) is 0 Å². The number of aromatic nitrogens is 2. The maximum atomic E-state index is 5.66. The summed E-state index contributed by atoms with van der Waals surface area (Å²) in [7, 11) is 2.01. The van der Waals surface area contributed by atoms with E-state index in [0.717, 1.165) is 37.5 Å². The smallest absolute Gasteiger partial charge is 0.151 e. The van der Waals surface area contributed by atoms with Crippen LogP contribution in [0.2, 0.25) is 0 Å². The molecular weight excluding hydrogens is 226 g/mol. The Labute approximate surface area is 101 Å². The van der Waals surface area contributed by atoms with E-state index in [0.29, 0.717) is 12.0 Å². The molecule has 1 unspecified atom stereocenters. The largest absolute Gasteiger partial charge is 0.376 e. The molecule has 1 aromatic heterocycles. The van der Waals surface area contributed by atoms with Gasteiger partial charge in [0.05, 0.1) is 17.7 Å². The molecule has 1 aromatic rings. The average molecular weight is 242 g/mol. The van der Waals surface area contributed by atoms with Crippen LogP contribution < -0.4 is 4.90 Å². The lowest BCUT2D eigenvalue weighted by Gasteiger charge is -2.21. The van der Waals surface area contributed by atoms with Crippen molar-refractivity contribution in [3.63, 3.8) is 0 Å². The highest BCUT2D eigenvalue weighted by molar-refractivity contribution is 6.16. The number of likely N-dealkylation sites (N-methyl/N-ethyl adjacent to an activating group) is 1. The van der Waals surface area contributed by atoms with Gasteiger partial charge in [0.2, 0.25) is 0 Å². The summed E-state index contributed by atoms with van der Waals surface area (Å²) < 4.78 is 5.58. The Bertz CT molecular complexity index is 325. The number of hydrogen-bond acceptors (Lipinski definition) is 4. The number of nitrogens with zero attached hydrogens (tertiary/aromatic N) is 3. The Morgan fingerprint density at radius 2 is 2.38 bits per heavy atom. The van der Waals surface area contributed by atoms with Gasteiger partial charge >= 0.3 is 0 Å². The monoisotopic (exact) mass is 241 g/mol. The van der Waals surface area contributed by atoms with Crippen molar-refractivity contribution in [2.24, 2.45) is 0 Å². The van der Waals surface area contributed by atoms with Gasteiger partial charge in [-0.15, -0.1) is 16.7 Å². The van der Waals surface area contributed by atoms with Gasteiger partial charge in [-0.3, -0.25) is 0 Å². The van der Waals surface area contributed by atoms with Crippen molar-refractivity contribution in [2.75, 3.05) is 25.1 Å². The predicted octanol–water partition coefficient (Wildman–Crippen LogP) is 1.83. The Balaban J connectivity index is 1.94. The highest BCUT2D eigenvalue weighted by atomic mass is 35.5. The highest BCUT2D eigenvalue weighted by Crippen LogP contribution is 2.16. The van der Waals surface area contributed by atoms with Crippen molar-refractivity contribution in [1.82, 2.24) is 10.2 Å². The van der Waals surface area contributed by atoms with E-state index in [9.17, 15) is 0 Å². The molecule has 1 aliphatic heterocycles. The molecule has 0 bridgehead atoms. The van der Waals surface area contributed by atoms with Gasteiger partial charge in [0.1, 0.15) is 0 Å². The van der Waals surface area contributed by atoms with Crippen LogP contribution in [0.25, 0.3) is 0 Å². The molecule has 0 N–H and O–H groups in total. The molecule has 1 saturated heterocycles. The van der Waals surface area contributed by atoms with Crippen LogP contribution in [0.1, 0.15) is 18.5 Å². The molecular formula is C11H16ClN3O. The first-order valence-electron chi connectivity index (χ1n) is 5.51. The number of rotatable bonds is 4. The van der Waals surface area contributed by atoms with Crippen molar-refractivity contribution in [3.8, 4) is 0 Å². The molecule has 0 aliphatic carbocycles. The molecule has 1 fully saturated rings. The summed E-state index contributed by atoms with van der Waals surface area (Å²) in [5, 5.41) is 8.16. The molecule has 1 atom stereocenters. The molecule has 0 radical (unpaired) electrons. The summed E-state index contributed by atoms with van der Waals surface area (Å²) in [6.45, 7) is 1.75. The van der Waals surface area contributed by atoms with E-state index in [-0.39, 0.29) is 0 Å². The van der Waals surface area contributed by atoms with Gasteiger partial charge in [-0.2, -0.15) is 5.10 Å². The normalized spacial score (nSPS) is 20.0. The van der Waals surface area contributed by atoms with Crippen LogP contribution in [0, 0.1) is 0 Å². The van der Waals surface area contributed by atoms with Gasteiger partial charge in [0, 0.05) is 20.2 Å². The Morgan fingerprint density at radius 1 is 1.50 bits per heavy atom. The van der Waals surface area contributed by atoms with E-state index >= 15 is 0 Å². The average Bonchev–Trinajstić information content (AvgIpc) is 2.82. The molecule has 0 saturated carbocycles. The summed E-state index contributed by atoms with van der Waals surface area (Å²) in [6, 6.07) is 3.85. The minimum Gasteiger partial charge on any atom is -0.376 e. The van der Waals surface area contributed by atoms with Crippen LogP contribution in [-0.4, -0.2) is 36.5 Å². The fourth-order valence-electron chi connectivity index (χ4n) is 1.82. The number of hydrogen-bond donors (Lipinski definition) is 0. The molecule has 5 heteroatoms. The lowest BCUT2D eigenvalue weighted by molar-refractivity contribution is 0.116. The molecule has 4 nitrogen and oxygen atoms in total. The summed E-state index contributed by atoms with van der Waals surface area (Å²) in [6.07, 6.45) is 2.63. The minimum absolute atomic E-state index is 0.333. The summed E-state index contributed by atoms with van der Waals surface area (Å²) in [4.78, 5) is 2.07. The third kappa shape index (κ3) is 2.83. The lowest BCUT2D eigenvalue weighted by Crippen LogP contribution is -2.29.